The van der Waals surface area contributed by atoms with E-state index in [2.05, 4.69) is 4.98 Å². The predicted molar refractivity (Wildman–Crippen MR) is 116 cm³/mol. The average molecular weight is 429 g/mol. The molecule has 7 nitrogen and oxygen atoms in total. The number of H-pyrrole nitrogens is 1. The second-order valence-electron chi connectivity index (χ2n) is 7.53. The zero-order valence-electron chi connectivity index (χ0n) is 17.4. The van der Waals surface area contributed by atoms with Gasteiger partial charge in [0.1, 0.15) is 0 Å². The van der Waals surface area contributed by atoms with Gasteiger partial charge >= 0.3 is 0 Å². The van der Waals surface area contributed by atoms with Crippen molar-refractivity contribution in [2.75, 3.05) is 27.0 Å². The zero-order valence-corrected chi connectivity index (χ0v) is 18.2. The van der Waals surface area contributed by atoms with Crippen LogP contribution in [-0.4, -0.2) is 44.7 Å². The van der Waals surface area contributed by atoms with Gasteiger partial charge in [-0.3, -0.25) is 4.79 Å². The fourth-order valence-corrected chi connectivity index (χ4v) is 5.24. The van der Waals surface area contributed by atoms with Gasteiger partial charge < -0.3 is 14.5 Å². The van der Waals surface area contributed by atoms with Crippen molar-refractivity contribution in [1.29, 1.82) is 0 Å². The van der Waals surface area contributed by atoms with Crippen molar-refractivity contribution in [3.05, 3.63) is 69.0 Å². The molecule has 1 atom stereocenters. The SMILES string of the molecule is COc1cc2c(cc1OC)[C@@H](c1cc3cccc(C)c3[nH]c1=O)N(S(C)(=O)=O)CC2. The van der Waals surface area contributed by atoms with E-state index in [0.717, 1.165) is 27.6 Å². The Bertz CT molecular complexity index is 1300. The molecule has 2 heterocycles. The quantitative estimate of drug-likeness (QED) is 0.690. The molecule has 3 aromatic rings. The summed E-state index contributed by atoms with van der Waals surface area (Å²) in [5.41, 5.74) is 3.43. The Balaban J connectivity index is 2.02. The highest BCUT2D eigenvalue weighted by Gasteiger charge is 2.37. The number of hydrogen-bond acceptors (Lipinski definition) is 5. The maximum Gasteiger partial charge on any atom is 0.253 e. The first-order chi connectivity index (χ1) is 14.2. The molecule has 1 N–H and O–H groups in total. The van der Waals surface area contributed by atoms with Gasteiger partial charge in [-0.15, -0.1) is 0 Å². The maximum absolute atomic E-state index is 13.1. The van der Waals surface area contributed by atoms with Crippen LogP contribution in [0.25, 0.3) is 10.9 Å². The molecule has 0 amide bonds. The van der Waals surface area contributed by atoms with Crippen molar-refractivity contribution in [3.63, 3.8) is 0 Å². The number of hydrogen-bond donors (Lipinski definition) is 1. The minimum absolute atomic E-state index is 0.275. The fourth-order valence-electron chi connectivity index (χ4n) is 4.21. The Hall–Kier alpha value is -2.84. The lowest BCUT2D eigenvalue weighted by molar-refractivity contribution is 0.332. The van der Waals surface area contributed by atoms with Crippen LogP contribution in [0.15, 0.2) is 41.2 Å². The molecule has 0 saturated carbocycles. The Kier molecular flexibility index (Phi) is 5.07. The van der Waals surface area contributed by atoms with E-state index in [0.29, 0.717) is 23.5 Å². The Morgan fingerprint density at radius 1 is 1.07 bits per heavy atom. The predicted octanol–water partition coefficient (Wildman–Crippen LogP) is 2.76. The molecule has 0 bridgehead atoms. The minimum Gasteiger partial charge on any atom is -0.493 e. The van der Waals surface area contributed by atoms with E-state index in [1.165, 1.54) is 17.7 Å². The monoisotopic (exact) mass is 428 g/mol. The number of fused-ring (bicyclic) bond motifs is 2. The van der Waals surface area contributed by atoms with E-state index in [9.17, 15) is 13.2 Å². The number of nitrogens with zero attached hydrogens (tertiary/aromatic N) is 1. The standard InChI is InChI=1S/C22H24N2O5S/c1-13-6-5-7-15-10-17(22(25)23-20(13)15)21-16-12-19(29-3)18(28-2)11-14(16)8-9-24(21)30(4,26)27/h5-7,10-12,21H,8-9H2,1-4H3,(H,23,25)/t21-/m0/s1. The molecule has 30 heavy (non-hydrogen) atoms. The number of aryl methyl sites for hydroxylation is 1. The summed E-state index contributed by atoms with van der Waals surface area (Å²) in [7, 11) is -0.482. The van der Waals surface area contributed by atoms with E-state index >= 15 is 0 Å². The molecular weight excluding hydrogens is 404 g/mol. The van der Waals surface area contributed by atoms with Crippen LogP contribution in [0.1, 0.15) is 28.3 Å². The highest BCUT2D eigenvalue weighted by atomic mass is 32.2. The molecule has 8 heteroatoms. The molecule has 1 aliphatic rings. The van der Waals surface area contributed by atoms with Gasteiger partial charge in [0.2, 0.25) is 10.0 Å². The summed E-state index contributed by atoms with van der Waals surface area (Å²) < 4.78 is 37.5. The first-order valence-corrected chi connectivity index (χ1v) is 11.4. The number of ether oxygens (including phenoxy) is 2. The summed E-state index contributed by atoms with van der Waals surface area (Å²) in [5, 5.41) is 0.852. The van der Waals surface area contributed by atoms with E-state index in [1.54, 1.807) is 19.2 Å². The maximum atomic E-state index is 13.1. The fraction of sp³-hybridized carbons (Fsp3) is 0.318. The Morgan fingerprint density at radius 2 is 1.77 bits per heavy atom. The van der Waals surface area contributed by atoms with Crippen LogP contribution in [0.2, 0.25) is 0 Å². The number of benzene rings is 2. The highest BCUT2D eigenvalue weighted by molar-refractivity contribution is 7.88. The van der Waals surface area contributed by atoms with Crippen LogP contribution in [-0.2, 0) is 16.4 Å². The number of rotatable bonds is 4. The van der Waals surface area contributed by atoms with Crippen molar-refractivity contribution in [1.82, 2.24) is 9.29 Å². The lowest BCUT2D eigenvalue weighted by Crippen LogP contribution is -2.42. The molecule has 0 radical (unpaired) electrons. The van der Waals surface area contributed by atoms with Gasteiger partial charge in [-0.05, 0) is 53.6 Å². The van der Waals surface area contributed by atoms with Crippen LogP contribution in [0.4, 0.5) is 0 Å². The Labute approximate surface area is 175 Å². The van der Waals surface area contributed by atoms with Crippen LogP contribution >= 0.6 is 0 Å². The van der Waals surface area contributed by atoms with Gasteiger partial charge in [0, 0.05) is 12.1 Å². The van der Waals surface area contributed by atoms with Gasteiger partial charge in [0.25, 0.3) is 5.56 Å². The van der Waals surface area contributed by atoms with E-state index in [4.69, 9.17) is 9.47 Å². The summed E-state index contributed by atoms with van der Waals surface area (Å²) >= 11 is 0. The van der Waals surface area contributed by atoms with Crippen molar-refractivity contribution in [2.24, 2.45) is 0 Å². The molecule has 2 aromatic carbocycles. The molecule has 0 aliphatic carbocycles. The molecule has 0 saturated heterocycles. The summed E-state index contributed by atoms with van der Waals surface area (Å²) in [4.78, 5) is 16.1. The largest absolute Gasteiger partial charge is 0.493 e. The van der Waals surface area contributed by atoms with E-state index in [-0.39, 0.29) is 12.1 Å². The number of nitrogens with one attached hydrogen (secondary N) is 1. The number of methoxy groups -OCH3 is 2. The highest BCUT2D eigenvalue weighted by Crippen LogP contribution is 2.41. The van der Waals surface area contributed by atoms with Crippen LogP contribution in [0, 0.1) is 6.92 Å². The lowest BCUT2D eigenvalue weighted by Gasteiger charge is -2.36. The molecular formula is C22H24N2O5S. The third kappa shape index (κ3) is 3.36. The van der Waals surface area contributed by atoms with Crippen molar-refractivity contribution >= 4 is 20.9 Å². The van der Waals surface area contributed by atoms with Crippen molar-refractivity contribution in [3.8, 4) is 11.5 Å². The summed E-state index contributed by atoms with van der Waals surface area (Å²) in [5.74, 6) is 1.07. The molecule has 0 fully saturated rings. The first kappa shape index (κ1) is 20.4. The molecule has 158 valence electrons. The number of aromatic amines is 1. The van der Waals surface area contributed by atoms with Gasteiger partial charge in [0.15, 0.2) is 11.5 Å². The smallest absolute Gasteiger partial charge is 0.253 e. The van der Waals surface area contributed by atoms with Crippen molar-refractivity contribution in [2.45, 2.75) is 19.4 Å². The minimum atomic E-state index is -3.57. The molecule has 0 unspecified atom stereocenters. The first-order valence-electron chi connectivity index (χ1n) is 9.58. The summed E-state index contributed by atoms with van der Waals surface area (Å²) in [6.07, 6.45) is 1.69. The molecule has 0 spiro atoms. The summed E-state index contributed by atoms with van der Waals surface area (Å²) in [6, 6.07) is 10.4. The van der Waals surface area contributed by atoms with Crippen LogP contribution in [0.3, 0.4) is 0 Å². The van der Waals surface area contributed by atoms with Gasteiger partial charge in [-0.2, -0.15) is 4.31 Å². The van der Waals surface area contributed by atoms with E-state index < -0.39 is 16.1 Å². The number of aromatic nitrogens is 1. The van der Waals surface area contributed by atoms with Gasteiger partial charge in [0.05, 0.1) is 32.0 Å². The van der Waals surface area contributed by atoms with Crippen LogP contribution < -0.4 is 15.0 Å². The molecule has 1 aliphatic heterocycles. The third-order valence-electron chi connectivity index (χ3n) is 5.67. The zero-order chi connectivity index (χ0) is 21.6. The van der Waals surface area contributed by atoms with Crippen LogP contribution in [0.5, 0.6) is 11.5 Å². The van der Waals surface area contributed by atoms with Gasteiger partial charge in [-0.25, -0.2) is 8.42 Å². The second-order valence-corrected chi connectivity index (χ2v) is 9.46. The third-order valence-corrected chi connectivity index (χ3v) is 6.91. The van der Waals surface area contributed by atoms with E-state index in [1.807, 2.05) is 31.2 Å². The van der Waals surface area contributed by atoms with Crippen molar-refractivity contribution < 1.29 is 17.9 Å². The summed E-state index contributed by atoms with van der Waals surface area (Å²) in [6.45, 7) is 2.20. The average Bonchev–Trinajstić information content (AvgIpc) is 2.71. The number of pyridine rings is 1. The number of sulfonamides is 1. The van der Waals surface area contributed by atoms with Gasteiger partial charge in [-0.1, -0.05) is 18.2 Å². The molecule has 4 rings (SSSR count). The second kappa shape index (κ2) is 7.45. The normalized spacial score (nSPS) is 17.0. The topological polar surface area (TPSA) is 88.7 Å². The lowest BCUT2D eigenvalue weighted by atomic mass is 9.89. The number of para-hydroxylation sites is 1. The molecule has 1 aromatic heterocycles. The Morgan fingerprint density at radius 3 is 2.43 bits per heavy atom.